The van der Waals surface area contributed by atoms with Crippen LogP contribution in [-0.4, -0.2) is 43.3 Å². The highest BCUT2D eigenvalue weighted by molar-refractivity contribution is 7.92. The maximum atomic E-state index is 13.8. The lowest BCUT2D eigenvalue weighted by molar-refractivity contribution is -0.137. The molecule has 2 aromatic carbocycles. The van der Waals surface area contributed by atoms with Crippen molar-refractivity contribution in [1.29, 1.82) is 0 Å². The number of ether oxygens (including phenoxy) is 1. The minimum Gasteiger partial charge on any atom is -0.433 e. The van der Waals surface area contributed by atoms with E-state index in [2.05, 4.69) is 25.9 Å². The van der Waals surface area contributed by atoms with Gasteiger partial charge < -0.3 is 20.7 Å². The zero-order valence-corrected chi connectivity index (χ0v) is 22.4. The monoisotopic (exact) mass is 585 g/mol. The maximum Gasteiger partial charge on any atom is 0.421 e. The summed E-state index contributed by atoms with van der Waals surface area (Å²) in [5.41, 5.74) is -0.549. The van der Waals surface area contributed by atoms with Gasteiger partial charge in [-0.25, -0.2) is 13.4 Å². The van der Waals surface area contributed by atoms with Gasteiger partial charge in [0, 0.05) is 6.20 Å². The van der Waals surface area contributed by atoms with Gasteiger partial charge in [-0.3, -0.25) is 0 Å². The van der Waals surface area contributed by atoms with Crippen LogP contribution in [0.1, 0.15) is 43.7 Å². The molecule has 0 amide bonds. The van der Waals surface area contributed by atoms with Crippen LogP contribution in [0, 0.1) is 0 Å². The number of piperidine rings is 1. The molecular formula is C26H28F5N5O3S. The molecule has 1 aliphatic rings. The van der Waals surface area contributed by atoms with E-state index in [1.807, 2.05) is 0 Å². The Labute approximate surface area is 228 Å². The van der Waals surface area contributed by atoms with Crippen LogP contribution in [-0.2, 0) is 16.0 Å². The summed E-state index contributed by atoms with van der Waals surface area (Å²) in [7, 11) is -3.86. The van der Waals surface area contributed by atoms with E-state index in [4.69, 9.17) is 4.74 Å². The molecule has 0 spiro atoms. The van der Waals surface area contributed by atoms with E-state index < -0.39 is 39.3 Å². The third kappa shape index (κ3) is 6.78. The second kappa shape index (κ2) is 11.9. The Kier molecular flexibility index (Phi) is 8.78. The molecule has 1 aliphatic heterocycles. The predicted molar refractivity (Wildman–Crippen MR) is 140 cm³/mol. The van der Waals surface area contributed by atoms with E-state index in [0.717, 1.165) is 31.5 Å². The van der Waals surface area contributed by atoms with Crippen molar-refractivity contribution in [2.75, 3.05) is 23.7 Å². The lowest BCUT2D eigenvalue weighted by Gasteiger charge is -2.24. The molecule has 0 aliphatic carbocycles. The molecule has 4 rings (SSSR count). The van der Waals surface area contributed by atoms with Crippen molar-refractivity contribution in [2.24, 2.45) is 0 Å². The fourth-order valence-electron chi connectivity index (χ4n) is 4.31. The Bertz CT molecular complexity index is 1440. The minimum atomic E-state index is -4.88. The van der Waals surface area contributed by atoms with Crippen LogP contribution in [0.25, 0.3) is 0 Å². The van der Waals surface area contributed by atoms with Crippen LogP contribution in [0.4, 0.5) is 45.1 Å². The number of para-hydroxylation sites is 1. The number of nitrogens with zero attached hydrogens (tertiary/aromatic N) is 2. The van der Waals surface area contributed by atoms with Gasteiger partial charge in [0.2, 0.25) is 5.95 Å². The van der Waals surface area contributed by atoms with Gasteiger partial charge in [0.1, 0.15) is 17.1 Å². The molecular weight excluding hydrogens is 557 g/mol. The van der Waals surface area contributed by atoms with E-state index in [9.17, 15) is 30.4 Å². The predicted octanol–water partition coefficient (Wildman–Crippen LogP) is 6.23. The number of hydrogen-bond acceptors (Lipinski definition) is 8. The van der Waals surface area contributed by atoms with Gasteiger partial charge in [-0.15, -0.1) is 0 Å². The van der Waals surface area contributed by atoms with Crippen molar-refractivity contribution >= 4 is 33.0 Å². The maximum absolute atomic E-state index is 13.8. The topological polar surface area (TPSA) is 105 Å². The molecule has 2 heterocycles. The van der Waals surface area contributed by atoms with Crippen LogP contribution in [0.3, 0.4) is 0 Å². The summed E-state index contributed by atoms with van der Waals surface area (Å²) < 4.78 is 98.3. The van der Waals surface area contributed by atoms with E-state index in [-0.39, 0.29) is 33.9 Å². The molecule has 1 saturated heterocycles. The molecule has 40 heavy (non-hydrogen) atoms. The van der Waals surface area contributed by atoms with Crippen LogP contribution >= 0.6 is 0 Å². The van der Waals surface area contributed by atoms with Gasteiger partial charge in [-0.05, 0) is 75.5 Å². The minimum absolute atomic E-state index is 0.0199. The van der Waals surface area contributed by atoms with Gasteiger partial charge in [0.25, 0.3) is 0 Å². The van der Waals surface area contributed by atoms with Crippen molar-refractivity contribution in [3.05, 3.63) is 59.8 Å². The normalized spacial score (nSPS) is 14.9. The molecule has 0 bridgehead atoms. The van der Waals surface area contributed by atoms with Gasteiger partial charge in [-0.2, -0.15) is 26.9 Å². The molecule has 14 heteroatoms. The highest BCUT2D eigenvalue weighted by Crippen LogP contribution is 2.38. The lowest BCUT2D eigenvalue weighted by atomic mass is 9.90. The number of rotatable bonds is 9. The van der Waals surface area contributed by atoms with Crippen LogP contribution in [0.5, 0.6) is 5.75 Å². The number of sulfone groups is 1. The molecule has 1 aromatic heterocycles. The smallest absolute Gasteiger partial charge is 0.421 e. The Morgan fingerprint density at radius 3 is 2.38 bits per heavy atom. The molecule has 0 saturated carbocycles. The first-order valence-electron chi connectivity index (χ1n) is 12.5. The lowest BCUT2D eigenvalue weighted by Crippen LogP contribution is -2.26. The summed E-state index contributed by atoms with van der Waals surface area (Å²) in [5, 5.41) is 7.54. The van der Waals surface area contributed by atoms with Crippen molar-refractivity contribution in [3.63, 3.8) is 0 Å². The summed E-state index contributed by atoms with van der Waals surface area (Å²) in [6, 6.07) is 10.2. The number of anilines is 4. The fraction of sp³-hybridized carbons (Fsp3) is 0.385. The third-order valence-electron chi connectivity index (χ3n) is 6.44. The molecule has 1 fully saturated rings. The summed E-state index contributed by atoms with van der Waals surface area (Å²) in [4.78, 5) is 7.45. The molecule has 3 N–H and O–H groups in total. The zero-order chi connectivity index (χ0) is 29.1. The first kappa shape index (κ1) is 29.5. The number of benzene rings is 2. The molecule has 3 aromatic rings. The molecule has 0 unspecified atom stereocenters. The summed E-state index contributed by atoms with van der Waals surface area (Å²) >= 11 is 0. The quantitative estimate of drug-likeness (QED) is 0.254. The SMILES string of the molecule is CC(C)S(=O)(=O)c1ccccc1Nc1nc(Nc2ccc(C3CCNCC3)cc2OC(F)F)ncc1C(F)(F)F. The molecule has 216 valence electrons. The second-order valence-corrected chi connectivity index (χ2v) is 11.9. The number of halogens is 5. The molecule has 0 atom stereocenters. The standard InChI is InChI=1S/C26H28F5N5O3S/c1-15(2)40(37,38)22-6-4-3-5-20(22)34-23-18(26(29,30)31)14-33-25(36-23)35-19-8-7-17(13-21(19)39-24(27)28)16-9-11-32-12-10-16/h3-8,13-16,24,32H,9-12H2,1-2H3,(H2,33,34,35,36). The van der Waals surface area contributed by atoms with E-state index >= 15 is 0 Å². The fourth-order valence-corrected chi connectivity index (χ4v) is 5.51. The van der Waals surface area contributed by atoms with Gasteiger partial charge >= 0.3 is 12.8 Å². The molecule has 8 nitrogen and oxygen atoms in total. The van der Waals surface area contributed by atoms with E-state index in [1.54, 1.807) is 6.07 Å². The third-order valence-corrected chi connectivity index (χ3v) is 8.65. The summed E-state index contributed by atoms with van der Waals surface area (Å²) in [6.07, 6.45) is -2.74. The first-order valence-corrected chi connectivity index (χ1v) is 14.0. The highest BCUT2D eigenvalue weighted by atomic mass is 32.2. The average molecular weight is 586 g/mol. The first-order chi connectivity index (χ1) is 18.9. The van der Waals surface area contributed by atoms with Gasteiger partial charge in [0.15, 0.2) is 9.84 Å². The van der Waals surface area contributed by atoms with E-state index in [0.29, 0.717) is 6.20 Å². The van der Waals surface area contributed by atoms with Crippen molar-refractivity contribution in [3.8, 4) is 5.75 Å². The largest absolute Gasteiger partial charge is 0.433 e. The van der Waals surface area contributed by atoms with Crippen molar-refractivity contribution < 1.29 is 35.1 Å². The number of nitrogens with one attached hydrogen (secondary N) is 3. The van der Waals surface area contributed by atoms with E-state index in [1.165, 1.54) is 50.2 Å². The zero-order valence-electron chi connectivity index (χ0n) is 21.6. The Morgan fingerprint density at radius 2 is 1.73 bits per heavy atom. The highest BCUT2D eigenvalue weighted by Gasteiger charge is 2.36. The Balaban J connectivity index is 1.71. The second-order valence-electron chi connectivity index (χ2n) is 9.45. The summed E-state index contributed by atoms with van der Waals surface area (Å²) in [5.74, 6) is -1.15. The van der Waals surface area contributed by atoms with Crippen LogP contribution < -0.4 is 20.7 Å². The number of hydrogen-bond donors (Lipinski definition) is 3. The summed E-state index contributed by atoms with van der Waals surface area (Å²) in [6.45, 7) is 1.33. The van der Waals surface area contributed by atoms with Gasteiger partial charge in [0.05, 0.1) is 21.5 Å². The number of aromatic nitrogens is 2. The van der Waals surface area contributed by atoms with Crippen molar-refractivity contribution in [1.82, 2.24) is 15.3 Å². The number of alkyl halides is 5. The molecule has 0 radical (unpaired) electrons. The Hall–Kier alpha value is -3.52. The van der Waals surface area contributed by atoms with Gasteiger partial charge in [-0.1, -0.05) is 18.2 Å². The average Bonchev–Trinajstić information content (AvgIpc) is 2.89. The van der Waals surface area contributed by atoms with Crippen LogP contribution in [0.2, 0.25) is 0 Å². The Morgan fingerprint density at radius 1 is 1.02 bits per heavy atom. The van der Waals surface area contributed by atoms with Crippen molar-refractivity contribution in [2.45, 2.75) is 55.5 Å². The van der Waals surface area contributed by atoms with Crippen LogP contribution in [0.15, 0.2) is 53.6 Å².